The van der Waals surface area contributed by atoms with Gasteiger partial charge in [-0.25, -0.2) is 0 Å². The lowest BCUT2D eigenvalue weighted by molar-refractivity contribution is -0.123. The molecule has 0 bridgehead atoms. The summed E-state index contributed by atoms with van der Waals surface area (Å²) in [6, 6.07) is 10.2. The van der Waals surface area contributed by atoms with Gasteiger partial charge in [0.1, 0.15) is 0 Å². The third-order valence-electron chi connectivity index (χ3n) is 3.80. The fourth-order valence-electron chi connectivity index (χ4n) is 2.21. The van der Waals surface area contributed by atoms with Crippen LogP contribution in [0.25, 0.3) is 0 Å². The summed E-state index contributed by atoms with van der Waals surface area (Å²) < 4.78 is 0. The van der Waals surface area contributed by atoms with Gasteiger partial charge in [-0.1, -0.05) is 37.3 Å². The van der Waals surface area contributed by atoms with Crippen LogP contribution in [0.2, 0.25) is 0 Å². The van der Waals surface area contributed by atoms with Crippen LogP contribution < -0.4 is 10.6 Å². The van der Waals surface area contributed by atoms with Crippen LogP contribution in [0.1, 0.15) is 44.1 Å². The van der Waals surface area contributed by atoms with Crippen molar-refractivity contribution in [3.8, 4) is 0 Å². The van der Waals surface area contributed by atoms with Gasteiger partial charge in [0.05, 0.1) is 0 Å². The molecular formula is C17H24N2O2. The van der Waals surface area contributed by atoms with Crippen molar-refractivity contribution < 1.29 is 9.59 Å². The molecular weight excluding hydrogens is 264 g/mol. The smallest absolute Gasteiger partial charge is 0.223 e. The van der Waals surface area contributed by atoms with Gasteiger partial charge in [0.2, 0.25) is 11.8 Å². The normalized spacial score (nSPS) is 15.3. The van der Waals surface area contributed by atoms with Crippen molar-refractivity contribution in [1.82, 2.24) is 10.6 Å². The molecule has 4 heteroatoms. The number of amides is 2. The van der Waals surface area contributed by atoms with E-state index in [9.17, 15) is 9.59 Å². The monoisotopic (exact) mass is 288 g/mol. The lowest BCUT2D eigenvalue weighted by Crippen LogP contribution is -2.30. The number of carbonyl (C=O) groups excluding carboxylic acids is 2. The first-order chi connectivity index (χ1) is 10.2. The minimum atomic E-state index is 0.0541. The molecule has 1 fully saturated rings. The summed E-state index contributed by atoms with van der Waals surface area (Å²) in [5.41, 5.74) is 1.23. The number of rotatable bonds is 8. The highest BCUT2D eigenvalue weighted by Crippen LogP contribution is 2.28. The van der Waals surface area contributed by atoms with Gasteiger partial charge in [0.15, 0.2) is 0 Å². The summed E-state index contributed by atoms with van der Waals surface area (Å²) in [7, 11) is 0. The Kier molecular flexibility index (Phi) is 5.78. The zero-order valence-electron chi connectivity index (χ0n) is 12.6. The van der Waals surface area contributed by atoms with Gasteiger partial charge in [0, 0.05) is 25.4 Å². The van der Waals surface area contributed by atoms with Crippen molar-refractivity contribution in [3.05, 3.63) is 35.9 Å². The van der Waals surface area contributed by atoms with Gasteiger partial charge in [-0.2, -0.15) is 0 Å². The summed E-state index contributed by atoms with van der Waals surface area (Å²) >= 11 is 0. The third-order valence-corrected chi connectivity index (χ3v) is 3.80. The Morgan fingerprint density at radius 2 is 1.90 bits per heavy atom. The Morgan fingerprint density at radius 1 is 1.19 bits per heavy atom. The standard InChI is InChI=1S/C17H24N2O2/c1-13(14-6-3-2-4-7-14)12-19-16(20)8-5-11-18-17(21)15-9-10-15/h2-4,6-7,13,15H,5,8-12H2,1H3,(H,18,21)(H,19,20)/t13-/m0/s1. The minimum absolute atomic E-state index is 0.0541. The second kappa shape index (κ2) is 7.81. The van der Waals surface area contributed by atoms with E-state index in [1.54, 1.807) is 0 Å². The Morgan fingerprint density at radius 3 is 2.57 bits per heavy atom. The zero-order valence-corrected chi connectivity index (χ0v) is 12.6. The van der Waals surface area contributed by atoms with E-state index in [2.05, 4.69) is 29.7 Å². The molecule has 1 aromatic rings. The van der Waals surface area contributed by atoms with Crippen LogP contribution in [0.3, 0.4) is 0 Å². The second-order valence-electron chi connectivity index (χ2n) is 5.78. The molecule has 0 saturated heterocycles. The van der Waals surface area contributed by atoms with Crippen molar-refractivity contribution in [1.29, 1.82) is 0 Å². The fourth-order valence-corrected chi connectivity index (χ4v) is 2.21. The molecule has 21 heavy (non-hydrogen) atoms. The lowest BCUT2D eigenvalue weighted by atomic mass is 10.0. The van der Waals surface area contributed by atoms with Crippen molar-refractivity contribution in [3.63, 3.8) is 0 Å². The molecule has 0 spiro atoms. The van der Waals surface area contributed by atoms with Gasteiger partial charge in [-0.15, -0.1) is 0 Å². The molecule has 2 rings (SSSR count). The quantitative estimate of drug-likeness (QED) is 0.721. The maximum absolute atomic E-state index is 11.7. The molecule has 0 aliphatic heterocycles. The third kappa shape index (κ3) is 5.58. The van der Waals surface area contributed by atoms with Crippen molar-refractivity contribution in [2.24, 2.45) is 5.92 Å². The van der Waals surface area contributed by atoms with E-state index >= 15 is 0 Å². The first kappa shape index (κ1) is 15.5. The number of hydrogen-bond acceptors (Lipinski definition) is 2. The Labute approximate surface area is 126 Å². The number of benzene rings is 1. The average Bonchev–Trinajstić information content (AvgIpc) is 3.34. The Balaban J connectivity index is 1.55. The summed E-state index contributed by atoms with van der Waals surface area (Å²) in [5, 5.41) is 5.82. The molecule has 1 aliphatic rings. The van der Waals surface area contributed by atoms with Crippen LogP contribution in [-0.2, 0) is 9.59 Å². The van der Waals surface area contributed by atoms with E-state index in [1.165, 1.54) is 5.56 Å². The molecule has 1 saturated carbocycles. The molecule has 0 radical (unpaired) electrons. The molecule has 2 N–H and O–H groups in total. The van der Waals surface area contributed by atoms with E-state index in [4.69, 9.17) is 0 Å². The molecule has 0 aromatic heterocycles. The van der Waals surface area contributed by atoms with E-state index in [0.29, 0.717) is 31.8 Å². The summed E-state index contributed by atoms with van der Waals surface area (Å²) in [5.74, 6) is 0.752. The van der Waals surface area contributed by atoms with Gasteiger partial charge in [0.25, 0.3) is 0 Å². The maximum atomic E-state index is 11.7. The minimum Gasteiger partial charge on any atom is -0.356 e. The molecule has 2 amide bonds. The summed E-state index contributed by atoms with van der Waals surface area (Å²) in [4.78, 5) is 23.2. The van der Waals surface area contributed by atoms with E-state index in [-0.39, 0.29) is 17.7 Å². The van der Waals surface area contributed by atoms with E-state index in [0.717, 1.165) is 12.8 Å². The second-order valence-corrected chi connectivity index (χ2v) is 5.78. The van der Waals surface area contributed by atoms with E-state index in [1.807, 2.05) is 18.2 Å². The van der Waals surface area contributed by atoms with Crippen molar-refractivity contribution >= 4 is 11.8 Å². The first-order valence-corrected chi connectivity index (χ1v) is 7.76. The fraction of sp³-hybridized carbons (Fsp3) is 0.529. The van der Waals surface area contributed by atoms with E-state index < -0.39 is 0 Å². The van der Waals surface area contributed by atoms with Gasteiger partial charge in [-0.3, -0.25) is 9.59 Å². The zero-order chi connectivity index (χ0) is 15.1. The van der Waals surface area contributed by atoms with Crippen LogP contribution in [-0.4, -0.2) is 24.9 Å². The number of nitrogens with one attached hydrogen (secondary N) is 2. The average molecular weight is 288 g/mol. The highest BCUT2D eigenvalue weighted by molar-refractivity contribution is 5.81. The van der Waals surface area contributed by atoms with Gasteiger partial charge >= 0.3 is 0 Å². The predicted octanol–water partition coefficient (Wildman–Crippen LogP) is 2.21. The molecule has 114 valence electrons. The molecule has 4 nitrogen and oxygen atoms in total. The first-order valence-electron chi connectivity index (χ1n) is 7.76. The predicted molar refractivity (Wildman–Crippen MR) is 82.8 cm³/mol. The highest BCUT2D eigenvalue weighted by atomic mass is 16.2. The van der Waals surface area contributed by atoms with Gasteiger partial charge in [-0.05, 0) is 30.7 Å². The van der Waals surface area contributed by atoms with Crippen LogP contribution in [0.4, 0.5) is 0 Å². The SMILES string of the molecule is C[C@@H](CNC(=O)CCCNC(=O)C1CC1)c1ccccc1. The topological polar surface area (TPSA) is 58.2 Å². The number of carbonyl (C=O) groups is 2. The molecule has 0 unspecified atom stereocenters. The van der Waals surface area contributed by atoms with Gasteiger partial charge < -0.3 is 10.6 Å². The molecule has 1 aromatic carbocycles. The molecule has 1 atom stereocenters. The summed E-state index contributed by atoms with van der Waals surface area (Å²) in [6.07, 6.45) is 3.20. The highest BCUT2D eigenvalue weighted by Gasteiger charge is 2.28. The Bertz CT molecular complexity index is 469. The summed E-state index contributed by atoms with van der Waals surface area (Å²) in [6.45, 7) is 3.35. The van der Waals surface area contributed by atoms with Crippen LogP contribution in [0.15, 0.2) is 30.3 Å². The van der Waals surface area contributed by atoms with Crippen LogP contribution in [0.5, 0.6) is 0 Å². The maximum Gasteiger partial charge on any atom is 0.223 e. The van der Waals surface area contributed by atoms with Crippen LogP contribution >= 0.6 is 0 Å². The van der Waals surface area contributed by atoms with Crippen molar-refractivity contribution in [2.45, 2.75) is 38.5 Å². The largest absolute Gasteiger partial charge is 0.356 e. The van der Waals surface area contributed by atoms with Crippen LogP contribution in [0, 0.1) is 5.92 Å². The molecule has 0 heterocycles. The Hall–Kier alpha value is -1.84. The lowest BCUT2D eigenvalue weighted by Gasteiger charge is -2.13. The molecule has 1 aliphatic carbocycles. The van der Waals surface area contributed by atoms with Crippen molar-refractivity contribution in [2.75, 3.05) is 13.1 Å². The number of hydrogen-bond donors (Lipinski definition) is 2.